The second-order valence-electron chi connectivity index (χ2n) is 4.96. The van der Waals surface area contributed by atoms with Crippen molar-refractivity contribution < 1.29 is 9.53 Å². The number of nitrogens with one attached hydrogen (secondary N) is 2. The Balaban J connectivity index is 1.76. The van der Waals surface area contributed by atoms with Gasteiger partial charge in [0.2, 0.25) is 5.91 Å². The van der Waals surface area contributed by atoms with Crippen LogP contribution in [0, 0.1) is 0 Å². The van der Waals surface area contributed by atoms with Gasteiger partial charge in [-0.25, -0.2) is 0 Å². The van der Waals surface area contributed by atoms with Crippen LogP contribution in [0.4, 0.5) is 0 Å². The quantitative estimate of drug-likeness (QED) is 0.845. The zero-order chi connectivity index (χ0) is 13.5. The largest absolute Gasteiger partial charge is 0.497 e. The molecule has 19 heavy (non-hydrogen) atoms. The lowest BCUT2D eigenvalue weighted by atomic mass is 10.1. The summed E-state index contributed by atoms with van der Waals surface area (Å²) >= 11 is 0. The van der Waals surface area contributed by atoms with Crippen molar-refractivity contribution in [3.8, 4) is 5.75 Å². The molecule has 0 radical (unpaired) electrons. The molecule has 1 amide bonds. The Labute approximate surface area is 114 Å². The normalized spacial score (nSPS) is 18.9. The molecule has 1 aliphatic heterocycles. The van der Waals surface area contributed by atoms with Gasteiger partial charge in [0.1, 0.15) is 5.75 Å². The van der Waals surface area contributed by atoms with Gasteiger partial charge in [0.05, 0.1) is 7.11 Å². The molecular weight excluding hydrogens is 240 g/mol. The summed E-state index contributed by atoms with van der Waals surface area (Å²) in [6, 6.07) is 8.17. The molecule has 104 valence electrons. The zero-order valence-electron chi connectivity index (χ0n) is 11.4. The minimum Gasteiger partial charge on any atom is -0.497 e. The molecule has 1 heterocycles. The van der Waals surface area contributed by atoms with E-state index in [-0.39, 0.29) is 5.91 Å². The first-order chi connectivity index (χ1) is 9.28. The van der Waals surface area contributed by atoms with Gasteiger partial charge in [0.25, 0.3) is 0 Å². The molecule has 2 rings (SSSR count). The van der Waals surface area contributed by atoms with Crippen LogP contribution in [0.15, 0.2) is 24.3 Å². The first kappa shape index (κ1) is 13.9. The first-order valence-electron chi connectivity index (χ1n) is 6.91. The van der Waals surface area contributed by atoms with Crippen molar-refractivity contribution in [3.63, 3.8) is 0 Å². The molecule has 1 unspecified atom stereocenters. The Morgan fingerprint density at radius 1 is 1.53 bits per heavy atom. The molecule has 4 heteroatoms. The number of hydrogen-bond acceptors (Lipinski definition) is 3. The standard InChI is InChI=1S/C15H22N2O2/c1-19-14-6-2-4-12(10-14)7-8-15(18)17-13-5-3-9-16-11-13/h2,4,6,10,13,16H,3,5,7-9,11H2,1H3,(H,17,18). The molecule has 4 nitrogen and oxygen atoms in total. The van der Waals surface area contributed by atoms with Crippen LogP contribution in [0.5, 0.6) is 5.75 Å². The number of hydrogen-bond donors (Lipinski definition) is 2. The number of rotatable bonds is 5. The molecule has 0 aromatic heterocycles. The summed E-state index contributed by atoms with van der Waals surface area (Å²) in [7, 11) is 1.65. The highest BCUT2D eigenvalue weighted by molar-refractivity contribution is 5.76. The topological polar surface area (TPSA) is 50.4 Å². The van der Waals surface area contributed by atoms with Crippen LogP contribution in [-0.2, 0) is 11.2 Å². The maximum Gasteiger partial charge on any atom is 0.220 e. The Morgan fingerprint density at radius 2 is 2.42 bits per heavy atom. The molecule has 0 bridgehead atoms. The summed E-state index contributed by atoms with van der Waals surface area (Å²) in [5.74, 6) is 0.978. The number of piperidine rings is 1. The van der Waals surface area contributed by atoms with Crippen molar-refractivity contribution in [1.29, 1.82) is 0 Å². The highest BCUT2D eigenvalue weighted by Gasteiger charge is 2.14. The second-order valence-corrected chi connectivity index (χ2v) is 4.96. The van der Waals surface area contributed by atoms with Gasteiger partial charge < -0.3 is 15.4 Å². The number of carbonyl (C=O) groups is 1. The number of ether oxygens (including phenoxy) is 1. The third kappa shape index (κ3) is 4.56. The van der Waals surface area contributed by atoms with Crippen molar-refractivity contribution in [2.75, 3.05) is 20.2 Å². The molecule has 0 saturated carbocycles. The Morgan fingerprint density at radius 3 is 3.16 bits per heavy atom. The van der Waals surface area contributed by atoms with Crippen LogP contribution < -0.4 is 15.4 Å². The maximum absolute atomic E-state index is 11.9. The van der Waals surface area contributed by atoms with E-state index in [4.69, 9.17) is 4.74 Å². The van der Waals surface area contributed by atoms with Gasteiger partial charge in [0.15, 0.2) is 0 Å². The molecule has 1 fully saturated rings. The monoisotopic (exact) mass is 262 g/mol. The van der Waals surface area contributed by atoms with E-state index in [2.05, 4.69) is 10.6 Å². The third-order valence-corrected chi connectivity index (χ3v) is 3.44. The lowest BCUT2D eigenvalue weighted by Gasteiger charge is -2.23. The van der Waals surface area contributed by atoms with Crippen LogP contribution in [-0.4, -0.2) is 32.1 Å². The highest BCUT2D eigenvalue weighted by Crippen LogP contribution is 2.14. The molecule has 1 atom stereocenters. The van der Waals surface area contributed by atoms with Crippen molar-refractivity contribution >= 4 is 5.91 Å². The lowest BCUT2D eigenvalue weighted by molar-refractivity contribution is -0.121. The fourth-order valence-electron chi connectivity index (χ4n) is 2.36. The van der Waals surface area contributed by atoms with Crippen LogP contribution in [0.2, 0.25) is 0 Å². The average molecular weight is 262 g/mol. The SMILES string of the molecule is COc1cccc(CCC(=O)NC2CCCNC2)c1. The first-order valence-corrected chi connectivity index (χ1v) is 6.91. The zero-order valence-corrected chi connectivity index (χ0v) is 11.4. The molecular formula is C15H22N2O2. The van der Waals surface area contributed by atoms with Gasteiger partial charge in [-0.3, -0.25) is 4.79 Å². The average Bonchev–Trinajstić information content (AvgIpc) is 2.46. The summed E-state index contributed by atoms with van der Waals surface area (Å²) in [5, 5.41) is 6.38. The summed E-state index contributed by atoms with van der Waals surface area (Å²) < 4.78 is 5.17. The summed E-state index contributed by atoms with van der Waals surface area (Å²) in [6.07, 6.45) is 3.51. The Hall–Kier alpha value is -1.55. The fraction of sp³-hybridized carbons (Fsp3) is 0.533. The number of methoxy groups -OCH3 is 1. The van der Waals surface area contributed by atoms with Gasteiger partial charge in [-0.1, -0.05) is 12.1 Å². The molecule has 1 aliphatic rings. The third-order valence-electron chi connectivity index (χ3n) is 3.44. The van der Waals surface area contributed by atoms with Crippen LogP contribution in [0.25, 0.3) is 0 Å². The summed E-state index contributed by atoms with van der Waals surface area (Å²) in [6.45, 7) is 1.96. The number of benzene rings is 1. The maximum atomic E-state index is 11.9. The van der Waals surface area contributed by atoms with E-state index < -0.39 is 0 Å². The second kappa shape index (κ2) is 7.14. The van der Waals surface area contributed by atoms with E-state index in [1.165, 1.54) is 0 Å². The summed E-state index contributed by atoms with van der Waals surface area (Å²) in [4.78, 5) is 11.9. The lowest BCUT2D eigenvalue weighted by Crippen LogP contribution is -2.45. The van der Waals surface area contributed by atoms with Gasteiger partial charge in [0, 0.05) is 19.0 Å². The molecule has 1 aromatic carbocycles. The van der Waals surface area contributed by atoms with Gasteiger partial charge >= 0.3 is 0 Å². The molecule has 1 saturated heterocycles. The fourth-order valence-corrected chi connectivity index (χ4v) is 2.36. The molecule has 2 N–H and O–H groups in total. The Kier molecular flexibility index (Phi) is 5.21. The van der Waals surface area contributed by atoms with E-state index in [9.17, 15) is 4.79 Å². The molecule has 0 aliphatic carbocycles. The van der Waals surface area contributed by atoms with Crippen LogP contribution in [0.3, 0.4) is 0 Å². The smallest absolute Gasteiger partial charge is 0.220 e. The number of amides is 1. The van der Waals surface area contributed by atoms with E-state index in [1.807, 2.05) is 24.3 Å². The molecule has 0 spiro atoms. The van der Waals surface area contributed by atoms with Gasteiger partial charge in [-0.2, -0.15) is 0 Å². The van der Waals surface area contributed by atoms with Crippen LogP contribution >= 0.6 is 0 Å². The van der Waals surface area contributed by atoms with Crippen molar-refractivity contribution in [2.24, 2.45) is 0 Å². The van der Waals surface area contributed by atoms with Crippen molar-refractivity contribution in [1.82, 2.24) is 10.6 Å². The van der Waals surface area contributed by atoms with E-state index in [0.717, 1.165) is 43.7 Å². The summed E-state index contributed by atoms with van der Waals surface area (Å²) in [5.41, 5.74) is 1.14. The van der Waals surface area contributed by atoms with Gasteiger partial charge in [-0.15, -0.1) is 0 Å². The number of aryl methyl sites for hydroxylation is 1. The minimum atomic E-state index is 0.136. The molecule has 1 aromatic rings. The van der Waals surface area contributed by atoms with E-state index >= 15 is 0 Å². The van der Waals surface area contributed by atoms with E-state index in [0.29, 0.717) is 12.5 Å². The predicted octanol–water partition coefficient (Wildman–Crippen LogP) is 1.50. The Bertz CT molecular complexity index is 414. The predicted molar refractivity (Wildman–Crippen MR) is 75.3 cm³/mol. The minimum absolute atomic E-state index is 0.136. The van der Waals surface area contributed by atoms with Crippen molar-refractivity contribution in [3.05, 3.63) is 29.8 Å². The van der Waals surface area contributed by atoms with Crippen LogP contribution in [0.1, 0.15) is 24.8 Å². The van der Waals surface area contributed by atoms with E-state index in [1.54, 1.807) is 7.11 Å². The van der Waals surface area contributed by atoms with Gasteiger partial charge in [-0.05, 0) is 43.5 Å². The highest BCUT2D eigenvalue weighted by atomic mass is 16.5. The number of carbonyl (C=O) groups excluding carboxylic acids is 1. The van der Waals surface area contributed by atoms with Crippen molar-refractivity contribution in [2.45, 2.75) is 31.7 Å².